The van der Waals surface area contributed by atoms with Gasteiger partial charge in [0.05, 0.1) is 6.61 Å². The molecule has 0 rings (SSSR count). The van der Waals surface area contributed by atoms with E-state index in [0.29, 0.717) is 19.4 Å². The molecule has 0 aromatic heterocycles. The van der Waals surface area contributed by atoms with Crippen LogP contribution in [-0.4, -0.2) is 63.4 Å². The zero-order valence-corrected chi connectivity index (χ0v) is 31.6. The zero-order chi connectivity index (χ0) is 34.5. The molecule has 0 aromatic rings. The maximum atomic E-state index is 12.5. The number of allylic oxidation sites excluding steroid dienone is 2. The van der Waals surface area contributed by atoms with Crippen LogP contribution in [0.5, 0.6) is 0 Å². The van der Waals surface area contributed by atoms with Gasteiger partial charge < -0.3 is 19.1 Å². The normalized spacial score (nSPS) is 12.4. The van der Waals surface area contributed by atoms with Crippen LogP contribution in [0.1, 0.15) is 181 Å². The molecule has 0 heterocycles. The topological polar surface area (TPSA) is 65.1 Å². The third-order valence-electron chi connectivity index (χ3n) is 8.59. The first-order valence-electron chi connectivity index (χ1n) is 19.9. The number of hydrogen-bond acceptors (Lipinski definition) is 6. The largest absolute Gasteiger partial charge is 0.462 e. The highest BCUT2D eigenvalue weighted by Crippen LogP contribution is 2.18. The second kappa shape index (κ2) is 37.2. The molecule has 0 saturated carbocycles. The molecule has 1 unspecified atom stereocenters. The summed E-state index contributed by atoms with van der Waals surface area (Å²) in [6.45, 7) is 7.37. The molecule has 0 radical (unpaired) electrons. The molecule has 0 fully saturated rings. The van der Waals surface area contributed by atoms with Gasteiger partial charge in [0.15, 0.2) is 0 Å². The molecule has 47 heavy (non-hydrogen) atoms. The van der Waals surface area contributed by atoms with Crippen molar-refractivity contribution in [2.24, 2.45) is 0 Å². The molecule has 0 bridgehead atoms. The molecule has 6 nitrogen and oxygen atoms in total. The lowest BCUT2D eigenvalue weighted by molar-refractivity contribution is -0.150. The fraction of sp³-hybridized carbons (Fsp3) is 0.854. The second-order valence-corrected chi connectivity index (χ2v) is 13.6. The van der Waals surface area contributed by atoms with Gasteiger partial charge >= 0.3 is 11.9 Å². The van der Waals surface area contributed by atoms with Crippen LogP contribution in [0, 0.1) is 0 Å². The molecular weight excluding hydrogens is 586 g/mol. The summed E-state index contributed by atoms with van der Waals surface area (Å²) < 4.78 is 17.0. The number of nitrogens with zero attached hydrogens (tertiary/aromatic N) is 1. The number of unbranched alkanes of at least 4 members (excludes halogenated alkanes) is 17. The highest BCUT2D eigenvalue weighted by molar-refractivity contribution is 5.69. The van der Waals surface area contributed by atoms with Crippen molar-refractivity contribution >= 4 is 11.9 Å². The van der Waals surface area contributed by atoms with Gasteiger partial charge in [0.25, 0.3) is 0 Å². The van der Waals surface area contributed by atoms with Gasteiger partial charge in [-0.2, -0.15) is 0 Å². The van der Waals surface area contributed by atoms with Crippen LogP contribution in [-0.2, 0) is 23.8 Å². The summed E-state index contributed by atoms with van der Waals surface area (Å²) in [5.41, 5.74) is 0. The van der Waals surface area contributed by atoms with E-state index in [0.717, 1.165) is 90.4 Å². The van der Waals surface area contributed by atoms with Crippen LogP contribution in [0.3, 0.4) is 0 Å². The lowest BCUT2D eigenvalue weighted by Gasteiger charge is -2.18. The van der Waals surface area contributed by atoms with E-state index in [2.05, 4.69) is 37.0 Å². The predicted molar refractivity (Wildman–Crippen MR) is 200 cm³/mol. The van der Waals surface area contributed by atoms with Gasteiger partial charge in [-0.15, -0.1) is 0 Å². The summed E-state index contributed by atoms with van der Waals surface area (Å²) in [5.74, 6) is -0.139. The smallest absolute Gasteiger partial charge is 0.306 e. The third-order valence-corrected chi connectivity index (χ3v) is 8.59. The average molecular weight is 664 g/mol. The predicted octanol–water partition coefficient (Wildman–Crippen LogP) is 11.3. The minimum Gasteiger partial charge on any atom is -0.462 e. The number of rotatable bonds is 36. The van der Waals surface area contributed by atoms with Crippen molar-refractivity contribution in [3.63, 3.8) is 0 Å². The summed E-state index contributed by atoms with van der Waals surface area (Å²) in [6.07, 6.45) is 37.2. The third kappa shape index (κ3) is 37.0. The fourth-order valence-corrected chi connectivity index (χ4v) is 5.62. The summed E-state index contributed by atoms with van der Waals surface area (Å²) in [4.78, 5) is 26.6. The number of carbonyl (C=O) groups is 2. The Hall–Kier alpha value is -1.66. The number of carbonyl (C=O) groups excluding carboxylic acids is 2. The van der Waals surface area contributed by atoms with Crippen LogP contribution in [0.15, 0.2) is 24.3 Å². The minimum atomic E-state index is -0.0913. The van der Waals surface area contributed by atoms with E-state index in [9.17, 15) is 9.59 Å². The molecule has 0 aliphatic rings. The standard InChI is InChI=1S/C41H77NO5/c1-5-7-9-11-14-21-27-36-45-37-28-22-16-13-18-24-31-39(47-41(44)34-30-35-42(3)4)32-25-19-17-20-26-33-40(43)46-38-29-23-15-12-10-8-6-2/h21,23,27,29,39H,5-20,22,24-26,28,30-38H2,1-4H3/b27-21-,29-23-. The Morgan fingerprint density at radius 3 is 1.66 bits per heavy atom. The highest BCUT2D eigenvalue weighted by atomic mass is 16.5. The van der Waals surface area contributed by atoms with Crippen LogP contribution < -0.4 is 0 Å². The Morgan fingerprint density at radius 1 is 0.553 bits per heavy atom. The van der Waals surface area contributed by atoms with Crippen LogP contribution in [0.2, 0.25) is 0 Å². The van der Waals surface area contributed by atoms with E-state index >= 15 is 0 Å². The summed E-state index contributed by atoms with van der Waals surface area (Å²) in [6, 6.07) is 0. The van der Waals surface area contributed by atoms with Gasteiger partial charge in [-0.1, -0.05) is 122 Å². The fourth-order valence-electron chi connectivity index (χ4n) is 5.62. The maximum Gasteiger partial charge on any atom is 0.306 e. The first-order valence-corrected chi connectivity index (χ1v) is 19.9. The number of hydrogen-bond donors (Lipinski definition) is 0. The SMILES string of the molecule is CCCCCC/C=C\COCCCCCCCCC(CCCCCCCC(=O)OC/C=C\CCCCCC)OC(=O)CCCN(C)C. The maximum absolute atomic E-state index is 12.5. The molecule has 0 aliphatic heterocycles. The van der Waals surface area contributed by atoms with Crippen LogP contribution >= 0.6 is 0 Å². The lowest BCUT2D eigenvalue weighted by atomic mass is 10.0. The van der Waals surface area contributed by atoms with Crippen molar-refractivity contribution < 1.29 is 23.8 Å². The Labute approximate surface area is 291 Å². The Bertz CT molecular complexity index is 735. The molecule has 0 saturated heterocycles. The number of ether oxygens (including phenoxy) is 3. The molecule has 1 atom stereocenters. The van der Waals surface area contributed by atoms with E-state index in [1.165, 1.54) is 83.5 Å². The minimum absolute atomic E-state index is 0.0321. The molecule has 0 aromatic carbocycles. The van der Waals surface area contributed by atoms with Crippen LogP contribution in [0.25, 0.3) is 0 Å². The first kappa shape index (κ1) is 45.3. The van der Waals surface area contributed by atoms with E-state index < -0.39 is 0 Å². The zero-order valence-electron chi connectivity index (χ0n) is 31.6. The van der Waals surface area contributed by atoms with Crippen molar-refractivity contribution in [1.82, 2.24) is 4.90 Å². The lowest BCUT2D eigenvalue weighted by Crippen LogP contribution is -2.20. The van der Waals surface area contributed by atoms with E-state index in [4.69, 9.17) is 14.2 Å². The Balaban J connectivity index is 4.02. The Morgan fingerprint density at radius 2 is 1.06 bits per heavy atom. The monoisotopic (exact) mass is 664 g/mol. The molecule has 0 spiro atoms. The van der Waals surface area contributed by atoms with E-state index in [1.54, 1.807) is 0 Å². The summed E-state index contributed by atoms with van der Waals surface area (Å²) in [7, 11) is 4.07. The summed E-state index contributed by atoms with van der Waals surface area (Å²) in [5, 5.41) is 0. The van der Waals surface area contributed by atoms with E-state index in [1.807, 2.05) is 20.2 Å². The van der Waals surface area contributed by atoms with Gasteiger partial charge in [-0.05, 0) is 91.3 Å². The van der Waals surface area contributed by atoms with Gasteiger partial charge in [0, 0.05) is 19.4 Å². The van der Waals surface area contributed by atoms with Gasteiger partial charge in [0.1, 0.15) is 12.7 Å². The van der Waals surface area contributed by atoms with Crippen molar-refractivity contribution in [2.75, 3.05) is 40.5 Å². The molecule has 0 aliphatic carbocycles. The second-order valence-electron chi connectivity index (χ2n) is 13.6. The molecule has 0 N–H and O–H groups in total. The Kier molecular flexibility index (Phi) is 35.9. The first-order chi connectivity index (χ1) is 23.0. The average Bonchev–Trinajstić information content (AvgIpc) is 3.04. The molecule has 0 amide bonds. The van der Waals surface area contributed by atoms with Crippen LogP contribution in [0.4, 0.5) is 0 Å². The highest BCUT2D eigenvalue weighted by Gasteiger charge is 2.14. The van der Waals surface area contributed by atoms with Gasteiger partial charge in [0.2, 0.25) is 0 Å². The van der Waals surface area contributed by atoms with E-state index in [-0.39, 0.29) is 18.0 Å². The van der Waals surface area contributed by atoms with Crippen molar-refractivity contribution in [3.05, 3.63) is 24.3 Å². The van der Waals surface area contributed by atoms with Crippen molar-refractivity contribution in [1.29, 1.82) is 0 Å². The molecular formula is C41H77NO5. The number of esters is 2. The molecule has 6 heteroatoms. The van der Waals surface area contributed by atoms with Crippen molar-refractivity contribution in [2.45, 2.75) is 187 Å². The quantitative estimate of drug-likeness (QED) is 0.0377. The molecule has 276 valence electrons. The van der Waals surface area contributed by atoms with Crippen molar-refractivity contribution in [3.8, 4) is 0 Å². The van der Waals surface area contributed by atoms with Gasteiger partial charge in [-0.3, -0.25) is 9.59 Å². The summed E-state index contributed by atoms with van der Waals surface area (Å²) >= 11 is 0. The van der Waals surface area contributed by atoms with Gasteiger partial charge in [-0.25, -0.2) is 0 Å².